The zero-order valence-corrected chi connectivity index (χ0v) is 21.7. The number of benzene rings is 1. The first-order chi connectivity index (χ1) is 15.3. The molecule has 186 valence electrons. The van der Waals surface area contributed by atoms with Gasteiger partial charge in [-0.05, 0) is 25.8 Å². The quantitative estimate of drug-likeness (QED) is 0.574. The fourth-order valence-electron chi connectivity index (χ4n) is 4.43. The van der Waals surface area contributed by atoms with Gasteiger partial charge >= 0.3 is 6.03 Å². The van der Waals surface area contributed by atoms with Crippen LogP contribution in [-0.4, -0.2) is 62.6 Å². The monoisotopic (exact) mass is 506 g/mol. The number of hydrogen-bond donors (Lipinski definition) is 3. The number of aliphatic hydroxyl groups is 1. The van der Waals surface area contributed by atoms with Crippen LogP contribution in [0.4, 0.5) is 10.7 Å². The van der Waals surface area contributed by atoms with Gasteiger partial charge in [0.1, 0.15) is 0 Å². The van der Waals surface area contributed by atoms with Gasteiger partial charge in [-0.2, -0.15) is 27.0 Å². The number of hydrogen-bond acceptors (Lipinski definition) is 6. The molecule has 1 aromatic carbocycles. The van der Waals surface area contributed by atoms with Crippen LogP contribution in [0.1, 0.15) is 50.1 Å². The van der Waals surface area contributed by atoms with Crippen LogP contribution >= 0.6 is 27.0 Å². The van der Waals surface area contributed by atoms with E-state index in [0.29, 0.717) is 19.0 Å². The fourth-order valence-corrected chi connectivity index (χ4v) is 4.43. The zero-order chi connectivity index (χ0) is 22.9. The van der Waals surface area contributed by atoms with Gasteiger partial charge in [-0.25, -0.2) is 14.8 Å². The molecular weight excluding hydrogens is 472 g/mol. The topological polar surface area (TPSA) is 111 Å². The Morgan fingerprint density at radius 2 is 1.94 bits per heavy atom. The van der Waals surface area contributed by atoms with Crippen molar-refractivity contribution in [2.24, 2.45) is 0 Å². The van der Waals surface area contributed by atoms with E-state index in [2.05, 4.69) is 20.6 Å². The maximum absolute atomic E-state index is 13.1. The number of rotatable bonds is 5. The minimum atomic E-state index is -0.590. The average Bonchev–Trinajstić information content (AvgIpc) is 3.34. The van der Waals surface area contributed by atoms with Gasteiger partial charge < -0.3 is 25.5 Å². The lowest BCUT2D eigenvalue weighted by Gasteiger charge is -2.33. The van der Waals surface area contributed by atoms with Gasteiger partial charge in [0, 0.05) is 37.8 Å². The van der Waals surface area contributed by atoms with Gasteiger partial charge in [-0.15, -0.1) is 0 Å². The maximum atomic E-state index is 13.1. The highest BCUT2D eigenvalue weighted by molar-refractivity contribution is 7.59. The van der Waals surface area contributed by atoms with Crippen molar-refractivity contribution in [2.75, 3.05) is 25.0 Å². The van der Waals surface area contributed by atoms with Crippen molar-refractivity contribution in [3.05, 3.63) is 53.3 Å². The summed E-state index contributed by atoms with van der Waals surface area (Å²) in [6, 6.07) is 8.77. The Balaban J connectivity index is 0.00000204. The molecule has 2 aliphatic heterocycles. The first kappa shape index (κ1) is 27.7. The Bertz CT molecular complexity index is 1010. The standard InChI is InChI=1S/C23H30N6O3.2H2S/c1-15(31)28-10-9-17(12-28)25-21-24-11-18-19(26-21)13-29(23(18,2)3)22(32)27-20(14-30)16-7-5-4-6-8-16;;/h4-8,11,17,20,30H,9-10,12-14H2,1-3H3,(H,27,32)(H,24,25,26);2*1H2/t17-,20+;;/m0../s1. The van der Waals surface area contributed by atoms with Crippen molar-refractivity contribution >= 4 is 44.9 Å². The third-order valence-corrected chi connectivity index (χ3v) is 6.40. The van der Waals surface area contributed by atoms with E-state index in [1.54, 1.807) is 18.0 Å². The minimum Gasteiger partial charge on any atom is -0.394 e. The van der Waals surface area contributed by atoms with Crippen LogP contribution in [0.2, 0.25) is 0 Å². The molecule has 0 bridgehead atoms. The molecule has 3 heterocycles. The molecule has 0 unspecified atom stereocenters. The van der Waals surface area contributed by atoms with E-state index >= 15 is 0 Å². The second-order valence-electron chi connectivity index (χ2n) is 8.89. The van der Waals surface area contributed by atoms with Gasteiger partial charge in [0.15, 0.2) is 0 Å². The molecule has 0 aliphatic carbocycles. The van der Waals surface area contributed by atoms with E-state index < -0.39 is 11.6 Å². The van der Waals surface area contributed by atoms with Crippen molar-refractivity contribution in [3.8, 4) is 0 Å². The average molecular weight is 507 g/mol. The smallest absolute Gasteiger partial charge is 0.319 e. The number of nitrogens with one attached hydrogen (secondary N) is 2. The highest BCUT2D eigenvalue weighted by atomic mass is 32.1. The Hall–Kier alpha value is -2.50. The highest BCUT2D eigenvalue weighted by Gasteiger charge is 2.42. The molecule has 0 radical (unpaired) electrons. The molecule has 34 heavy (non-hydrogen) atoms. The van der Waals surface area contributed by atoms with Gasteiger partial charge in [-0.1, -0.05) is 30.3 Å². The van der Waals surface area contributed by atoms with Crippen LogP contribution in [0.15, 0.2) is 36.5 Å². The predicted molar refractivity (Wildman–Crippen MR) is 140 cm³/mol. The Morgan fingerprint density at radius 3 is 2.56 bits per heavy atom. The largest absolute Gasteiger partial charge is 0.394 e. The number of nitrogens with zero attached hydrogens (tertiary/aromatic N) is 4. The number of aromatic nitrogens is 2. The Kier molecular flexibility index (Phi) is 9.21. The van der Waals surface area contributed by atoms with Crippen molar-refractivity contribution < 1.29 is 14.7 Å². The van der Waals surface area contributed by atoms with Crippen LogP contribution in [0.25, 0.3) is 0 Å². The molecule has 0 spiro atoms. The lowest BCUT2D eigenvalue weighted by molar-refractivity contribution is -0.127. The fraction of sp³-hybridized carbons (Fsp3) is 0.478. The number of amides is 3. The van der Waals surface area contributed by atoms with Gasteiger partial charge in [0.2, 0.25) is 11.9 Å². The molecular formula is C23H34N6O3S2. The molecule has 3 amide bonds. The predicted octanol–water partition coefficient (Wildman–Crippen LogP) is 2.23. The number of likely N-dealkylation sites (tertiary alicyclic amines) is 1. The SMILES string of the molecule is CC(=O)N1CC[C@H](Nc2ncc3c(n2)CN(C(=O)N[C@H](CO)c2ccccc2)C3(C)C)C1.S.S. The second-order valence-corrected chi connectivity index (χ2v) is 8.89. The molecule has 0 saturated carbocycles. The van der Waals surface area contributed by atoms with E-state index in [9.17, 15) is 14.7 Å². The number of urea groups is 1. The molecule has 2 aliphatic rings. The summed E-state index contributed by atoms with van der Waals surface area (Å²) in [6.07, 6.45) is 2.62. The van der Waals surface area contributed by atoms with Crippen molar-refractivity contribution in [1.82, 2.24) is 25.1 Å². The number of fused-ring (bicyclic) bond motifs is 1. The number of carbonyl (C=O) groups is 2. The summed E-state index contributed by atoms with van der Waals surface area (Å²) in [5, 5.41) is 16.1. The molecule has 11 heteroatoms. The van der Waals surface area contributed by atoms with Gasteiger partial charge in [-0.3, -0.25) is 4.79 Å². The molecule has 9 nitrogen and oxygen atoms in total. The lowest BCUT2D eigenvalue weighted by atomic mass is 9.97. The Morgan fingerprint density at radius 1 is 1.24 bits per heavy atom. The van der Waals surface area contributed by atoms with E-state index in [0.717, 1.165) is 29.8 Å². The molecule has 1 fully saturated rings. The molecule has 1 aromatic heterocycles. The van der Waals surface area contributed by atoms with Gasteiger partial charge in [0.25, 0.3) is 0 Å². The summed E-state index contributed by atoms with van der Waals surface area (Å²) < 4.78 is 0. The van der Waals surface area contributed by atoms with Crippen molar-refractivity contribution in [1.29, 1.82) is 0 Å². The van der Waals surface area contributed by atoms with Crippen LogP contribution in [0, 0.1) is 0 Å². The number of aliphatic hydroxyl groups excluding tert-OH is 1. The number of anilines is 1. The number of carbonyl (C=O) groups excluding carboxylic acids is 2. The zero-order valence-electron chi connectivity index (χ0n) is 19.7. The van der Waals surface area contributed by atoms with Crippen LogP contribution in [0.3, 0.4) is 0 Å². The minimum absolute atomic E-state index is 0. The molecule has 3 N–H and O–H groups in total. The summed E-state index contributed by atoms with van der Waals surface area (Å²) >= 11 is 0. The molecule has 2 atom stereocenters. The van der Waals surface area contributed by atoms with Crippen LogP contribution in [-0.2, 0) is 16.9 Å². The lowest BCUT2D eigenvalue weighted by Crippen LogP contribution is -2.47. The Labute approximate surface area is 214 Å². The van der Waals surface area contributed by atoms with E-state index in [1.165, 1.54) is 0 Å². The molecule has 1 saturated heterocycles. The van der Waals surface area contributed by atoms with Crippen LogP contribution in [0.5, 0.6) is 0 Å². The second kappa shape index (κ2) is 11.3. The third kappa shape index (κ3) is 5.59. The molecule has 4 rings (SSSR count). The summed E-state index contributed by atoms with van der Waals surface area (Å²) in [5.41, 5.74) is 1.95. The van der Waals surface area contributed by atoms with Crippen molar-refractivity contribution in [2.45, 2.75) is 51.4 Å². The van der Waals surface area contributed by atoms with E-state index in [4.69, 9.17) is 0 Å². The van der Waals surface area contributed by atoms with Crippen molar-refractivity contribution in [3.63, 3.8) is 0 Å². The molecule has 2 aromatic rings. The third-order valence-electron chi connectivity index (χ3n) is 6.40. The first-order valence-electron chi connectivity index (χ1n) is 10.9. The van der Waals surface area contributed by atoms with E-state index in [1.807, 2.05) is 49.1 Å². The normalized spacial score (nSPS) is 18.9. The summed E-state index contributed by atoms with van der Waals surface area (Å²) in [4.78, 5) is 37.4. The van der Waals surface area contributed by atoms with Gasteiger partial charge in [0.05, 0.1) is 30.4 Å². The first-order valence-corrected chi connectivity index (χ1v) is 10.9. The van der Waals surface area contributed by atoms with E-state index in [-0.39, 0.29) is 51.6 Å². The van der Waals surface area contributed by atoms with Crippen LogP contribution < -0.4 is 10.6 Å². The summed E-state index contributed by atoms with van der Waals surface area (Å²) in [7, 11) is 0. The summed E-state index contributed by atoms with van der Waals surface area (Å²) in [5.74, 6) is 0.582. The highest BCUT2D eigenvalue weighted by Crippen LogP contribution is 2.38. The maximum Gasteiger partial charge on any atom is 0.319 e. The summed E-state index contributed by atoms with van der Waals surface area (Å²) in [6.45, 7) is 7.03.